The number of hydrogen-bond donors (Lipinski definition) is 0. The van der Waals surface area contributed by atoms with E-state index in [0.29, 0.717) is 13.2 Å². The molecule has 0 bridgehead atoms. The topological polar surface area (TPSA) is 27.7 Å². The normalized spacial score (nSPS) is 11.1. The van der Waals surface area contributed by atoms with Crippen LogP contribution in [-0.4, -0.2) is 27.4 Å². The van der Waals surface area contributed by atoms with Crippen LogP contribution >= 0.6 is 0 Å². The first-order valence-electron chi connectivity index (χ1n) is 8.27. The number of ether oxygens (including phenoxy) is 3. The van der Waals surface area contributed by atoms with Crippen LogP contribution in [0.3, 0.4) is 0 Å². The van der Waals surface area contributed by atoms with Gasteiger partial charge in [0.15, 0.2) is 11.5 Å². The number of methoxy groups -OCH3 is 2. The standard InChI is InChI=1S/C22H22O3/c1-23-13-14-25-22-16-18(10-12-21(22)24-2)8-7-17-9-11-19-5-3-4-6-20(19)15-17/h3-12,15-16H,13-14H2,1-2H3/b8-7+. The monoisotopic (exact) mass is 334 g/mol. The summed E-state index contributed by atoms with van der Waals surface area (Å²) in [5.41, 5.74) is 2.22. The molecule has 0 aliphatic heterocycles. The van der Waals surface area contributed by atoms with Crippen molar-refractivity contribution in [3.63, 3.8) is 0 Å². The minimum absolute atomic E-state index is 0.491. The Morgan fingerprint density at radius 3 is 2.20 bits per heavy atom. The number of benzene rings is 3. The first-order chi connectivity index (χ1) is 12.3. The maximum atomic E-state index is 5.73. The van der Waals surface area contributed by atoms with Crippen molar-refractivity contribution in [2.45, 2.75) is 0 Å². The van der Waals surface area contributed by atoms with Crippen LogP contribution in [0.4, 0.5) is 0 Å². The molecule has 3 heteroatoms. The lowest BCUT2D eigenvalue weighted by molar-refractivity contribution is 0.144. The lowest BCUT2D eigenvalue weighted by Gasteiger charge is -2.11. The van der Waals surface area contributed by atoms with Crippen molar-refractivity contribution in [2.75, 3.05) is 27.4 Å². The average molecular weight is 334 g/mol. The molecule has 0 amide bonds. The van der Waals surface area contributed by atoms with Gasteiger partial charge in [0.05, 0.1) is 13.7 Å². The van der Waals surface area contributed by atoms with Gasteiger partial charge in [0, 0.05) is 7.11 Å². The molecule has 0 aromatic heterocycles. The molecule has 0 unspecified atom stereocenters. The van der Waals surface area contributed by atoms with Crippen molar-refractivity contribution in [3.8, 4) is 11.5 Å². The van der Waals surface area contributed by atoms with E-state index in [2.05, 4.69) is 54.6 Å². The van der Waals surface area contributed by atoms with Crippen LogP contribution in [-0.2, 0) is 4.74 Å². The maximum absolute atomic E-state index is 5.73. The van der Waals surface area contributed by atoms with E-state index in [-0.39, 0.29) is 0 Å². The van der Waals surface area contributed by atoms with Crippen molar-refractivity contribution in [3.05, 3.63) is 71.8 Å². The van der Waals surface area contributed by atoms with E-state index in [1.807, 2.05) is 18.2 Å². The van der Waals surface area contributed by atoms with E-state index in [0.717, 1.165) is 22.6 Å². The zero-order valence-electron chi connectivity index (χ0n) is 14.6. The third kappa shape index (κ3) is 4.40. The fraction of sp³-hybridized carbons (Fsp3) is 0.182. The number of rotatable bonds is 7. The van der Waals surface area contributed by atoms with Crippen molar-refractivity contribution >= 4 is 22.9 Å². The summed E-state index contributed by atoms with van der Waals surface area (Å²) >= 11 is 0. The largest absolute Gasteiger partial charge is 0.493 e. The van der Waals surface area contributed by atoms with Gasteiger partial charge in [0.1, 0.15) is 6.61 Å². The van der Waals surface area contributed by atoms with E-state index in [1.165, 1.54) is 10.8 Å². The molecule has 3 aromatic rings. The Morgan fingerprint density at radius 1 is 0.720 bits per heavy atom. The van der Waals surface area contributed by atoms with Crippen LogP contribution < -0.4 is 9.47 Å². The molecular weight excluding hydrogens is 312 g/mol. The molecule has 0 aliphatic rings. The van der Waals surface area contributed by atoms with Crippen molar-refractivity contribution in [1.29, 1.82) is 0 Å². The summed E-state index contributed by atoms with van der Waals surface area (Å²) in [6, 6.07) is 20.7. The molecule has 3 aromatic carbocycles. The predicted molar refractivity (Wildman–Crippen MR) is 103 cm³/mol. The van der Waals surface area contributed by atoms with Crippen LogP contribution in [0.1, 0.15) is 11.1 Å². The highest BCUT2D eigenvalue weighted by molar-refractivity contribution is 5.86. The third-order valence-corrected chi connectivity index (χ3v) is 3.97. The number of fused-ring (bicyclic) bond motifs is 1. The molecule has 0 fully saturated rings. The fourth-order valence-corrected chi connectivity index (χ4v) is 2.65. The summed E-state index contributed by atoms with van der Waals surface area (Å²) in [5, 5.41) is 2.49. The zero-order chi connectivity index (χ0) is 17.5. The summed E-state index contributed by atoms with van der Waals surface area (Å²) in [6.45, 7) is 1.03. The second-order valence-corrected chi connectivity index (χ2v) is 5.69. The maximum Gasteiger partial charge on any atom is 0.161 e. The molecule has 128 valence electrons. The van der Waals surface area contributed by atoms with Gasteiger partial charge in [-0.15, -0.1) is 0 Å². The van der Waals surface area contributed by atoms with Crippen LogP contribution in [0.15, 0.2) is 60.7 Å². The summed E-state index contributed by atoms with van der Waals surface area (Å²) < 4.78 is 16.1. The Hall–Kier alpha value is -2.78. The third-order valence-electron chi connectivity index (χ3n) is 3.97. The Balaban J connectivity index is 1.80. The molecule has 0 heterocycles. The zero-order valence-corrected chi connectivity index (χ0v) is 14.6. The lowest BCUT2D eigenvalue weighted by Crippen LogP contribution is -2.05. The summed E-state index contributed by atoms with van der Waals surface area (Å²) in [6.07, 6.45) is 4.18. The molecule has 0 atom stereocenters. The lowest BCUT2D eigenvalue weighted by atomic mass is 10.1. The molecule has 0 saturated heterocycles. The first-order valence-corrected chi connectivity index (χ1v) is 8.27. The van der Waals surface area contributed by atoms with Gasteiger partial charge >= 0.3 is 0 Å². The minimum Gasteiger partial charge on any atom is -0.493 e. The van der Waals surface area contributed by atoms with E-state index < -0.39 is 0 Å². The Kier molecular flexibility index (Phi) is 5.70. The van der Waals surface area contributed by atoms with Crippen molar-refractivity contribution in [2.24, 2.45) is 0 Å². The molecule has 3 rings (SSSR count). The highest BCUT2D eigenvalue weighted by Gasteiger charge is 2.04. The minimum atomic E-state index is 0.491. The fourth-order valence-electron chi connectivity index (χ4n) is 2.65. The van der Waals surface area contributed by atoms with E-state index in [1.54, 1.807) is 14.2 Å². The van der Waals surface area contributed by atoms with Gasteiger partial charge in [-0.25, -0.2) is 0 Å². The molecule has 0 N–H and O–H groups in total. The van der Waals surface area contributed by atoms with Crippen LogP contribution in [0, 0.1) is 0 Å². The molecule has 25 heavy (non-hydrogen) atoms. The van der Waals surface area contributed by atoms with Gasteiger partial charge in [-0.2, -0.15) is 0 Å². The number of hydrogen-bond acceptors (Lipinski definition) is 3. The average Bonchev–Trinajstić information content (AvgIpc) is 2.66. The van der Waals surface area contributed by atoms with Gasteiger partial charge < -0.3 is 14.2 Å². The SMILES string of the molecule is COCCOc1cc(/C=C/c2ccc3ccccc3c2)ccc1OC. The van der Waals surface area contributed by atoms with Crippen LogP contribution in [0.25, 0.3) is 22.9 Å². The molecule has 3 nitrogen and oxygen atoms in total. The van der Waals surface area contributed by atoms with Crippen molar-refractivity contribution < 1.29 is 14.2 Å². The molecular formula is C22H22O3. The second-order valence-electron chi connectivity index (χ2n) is 5.69. The molecule has 0 radical (unpaired) electrons. The van der Waals surface area contributed by atoms with Crippen molar-refractivity contribution in [1.82, 2.24) is 0 Å². The Morgan fingerprint density at radius 2 is 1.44 bits per heavy atom. The first kappa shape index (κ1) is 17.1. The van der Waals surface area contributed by atoms with Crippen LogP contribution in [0.5, 0.6) is 11.5 Å². The highest BCUT2D eigenvalue weighted by atomic mass is 16.5. The van der Waals surface area contributed by atoms with Gasteiger partial charge in [0.2, 0.25) is 0 Å². The van der Waals surface area contributed by atoms with Crippen LogP contribution in [0.2, 0.25) is 0 Å². The van der Waals surface area contributed by atoms with E-state index in [4.69, 9.17) is 14.2 Å². The molecule has 0 spiro atoms. The summed E-state index contributed by atoms with van der Waals surface area (Å²) in [7, 11) is 3.30. The second kappa shape index (κ2) is 8.36. The van der Waals surface area contributed by atoms with Gasteiger partial charge in [0.25, 0.3) is 0 Å². The van der Waals surface area contributed by atoms with Gasteiger partial charge in [-0.1, -0.05) is 54.6 Å². The van der Waals surface area contributed by atoms with E-state index in [9.17, 15) is 0 Å². The highest BCUT2D eigenvalue weighted by Crippen LogP contribution is 2.29. The van der Waals surface area contributed by atoms with Gasteiger partial charge in [-0.05, 0) is 40.1 Å². The Bertz CT molecular complexity index is 868. The summed E-state index contributed by atoms with van der Waals surface area (Å²) in [5.74, 6) is 1.44. The predicted octanol–water partition coefficient (Wildman–Crippen LogP) is 5.04. The smallest absolute Gasteiger partial charge is 0.161 e. The molecule has 0 saturated carbocycles. The van der Waals surface area contributed by atoms with E-state index >= 15 is 0 Å². The summed E-state index contributed by atoms with van der Waals surface area (Å²) in [4.78, 5) is 0. The Labute approximate surface area is 148 Å². The van der Waals surface area contributed by atoms with Gasteiger partial charge in [-0.3, -0.25) is 0 Å². The molecule has 0 aliphatic carbocycles. The quantitative estimate of drug-likeness (QED) is 0.447.